The molecule has 2 heterocycles. The number of carbonyl (C=O) groups excluding carboxylic acids is 3. The number of carbonyl (C=O) groups is 3. The number of benzene rings is 1. The number of amides is 1. The zero-order valence-electron chi connectivity index (χ0n) is 17.5. The summed E-state index contributed by atoms with van der Waals surface area (Å²) in [6, 6.07) is 4.86. The zero-order chi connectivity index (χ0) is 22.2. The minimum Gasteiger partial charge on any atom is -0.449 e. The van der Waals surface area contributed by atoms with Gasteiger partial charge in [0, 0.05) is 29.4 Å². The summed E-state index contributed by atoms with van der Waals surface area (Å²) in [6.45, 7) is 7.76. The fourth-order valence-electron chi connectivity index (χ4n) is 3.57. The summed E-state index contributed by atoms with van der Waals surface area (Å²) in [6.07, 6.45) is -0.710. The van der Waals surface area contributed by atoms with Gasteiger partial charge in [0.15, 0.2) is 5.78 Å². The van der Waals surface area contributed by atoms with E-state index in [1.165, 1.54) is 9.47 Å². The van der Waals surface area contributed by atoms with Crippen LogP contribution in [-0.4, -0.2) is 52.7 Å². The molecule has 1 saturated heterocycles. The third-order valence-electron chi connectivity index (χ3n) is 4.86. The highest BCUT2D eigenvalue weighted by Crippen LogP contribution is 2.34. The van der Waals surface area contributed by atoms with E-state index in [9.17, 15) is 14.4 Å². The van der Waals surface area contributed by atoms with Crippen molar-refractivity contribution in [2.24, 2.45) is 5.92 Å². The number of fused-ring (bicyclic) bond motifs is 1. The fraction of sp³-hybridized carbons (Fsp3) is 0.476. The van der Waals surface area contributed by atoms with Gasteiger partial charge in [-0.1, -0.05) is 11.6 Å². The first-order valence-corrected chi connectivity index (χ1v) is 10.2. The summed E-state index contributed by atoms with van der Waals surface area (Å²) >= 11 is 6.08. The standard InChI is InChI=1S/C21H26ClN3O5/c1-5-29-20(28)25-15-7-6-13(22)10-14(15)16(23)17(25)18(26)12-8-9-24(11-12)19(27)30-21(2,3)4/h6-7,10,12H,5,8-9,11,23H2,1-4H3. The maximum absolute atomic E-state index is 13.4. The van der Waals surface area contributed by atoms with Crippen LogP contribution in [0.3, 0.4) is 0 Å². The molecule has 0 spiro atoms. The normalized spacial score (nSPS) is 16.7. The summed E-state index contributed by atoms with van der Waals surface area (Å²) in [5, 5.41) is 0.937. The SMILES string of the molecule is CCOC(=O)n1c(C(=O)C2CCN(C(=O)OC(C)(C)C)C2)c(N)c2cc(Cl)ccc21. The van der Waals surface area contributed by atoms with Crippen LogP contribution >= 0.6 is 11.6 Å². The molecule has 1 amide bonds. The molecule has 9 heteroatoms. The van der Waals surface area contributed by atoms with E-state index in [2.05, 4.69) is 0 Å². The molecule has 0 radical (unpaired) electrons. The predicted molar refractivity (Wildman–Crippen MR) is 114 cm³/mol. The number of hydrogen-bond acceptors (Lipinski definition) is 6. The Hall–Kier alpha value is -2.74. The van der Waals surface area contributed by atoms with Crippen LogP contribution < -0.4 is 5.73 Å². The van der Waals surface area contributed by atoms with Gasteiger partial charge < -0.3 is 20.1 Å². The van der Waals surface area contributed by atoms with Crippen molar-refractivity contribution in [1.82, 2.24) is 9.47 Å². The van der Waals surface area contributed by atoms with Crippen molar-refractivity contribution in [2.75, 3.05) is 25.4 Å². The van der Waals surface area contributed by atoms with Crippen LogP contribution in [0.4, 0.5) is 15.3 Å². The number of halogens is 1. The molecule has 0 bridgehead atoms. The highest BCUT2D eigenvalue weighted by atomic mass is 35.5. The molecule has 1 aromatic heterocycles. The minimum absolute atomic E-state index is 0.0572. The molecule has 1 atom stereocenters. The second kappa shape index (κ2) is 8.18. The molecular formula is C21H26ClN3O5. The molecule has 30 heavy (non-hydrogen) atoms. The summed E-state index contributed by atoms with van der Waals surface area (Å²) < 4.78 is 11.7. The van der Waals surface area contributed by atoms with Gasteiger partial charge in [-0.15, -0.1) is 0 Å². The maximum Gasteiger partial charge on any atom is 0.419 e. The Labute approximate surface area is 179 Å². The number of Topliss-reactive ketones (excluding diaryl/α,β-unsaturated/α-hetero) is 1. The summed E-state index contributed by atoms with van der Waals surface area (Å²) in [7, 11) is 0. The number of nitrogens with zero attached hydrogens (tertiary/aromatic N) is 2. The monoisotopic (exact) mass is 435 g/mol. The first-order valence-electron chi connectivity index (χ1n) is 9.82. The lowest BCUT2D eigenvalue weighted by molar-refractivity contribution is 0.0289. The Morgan fingerprint density at radius 3 is 2.57 bits per heavy atom. The quantitative estimate of drug-likeness (QED) is 0.720. The van der Waals surface area contributed by atoms with E-state index in [4.69, 9.17) is 26.8 Å². The average molecular weight is 436 g/mol. The van der Waals surface area contributed by atoms with Gasteiger partial charge in [0.25, 0.3) is 0 Å². The first-order chi connectivity index (χ1) is 14.0. The number of rotatable bonds is 3. The van der Waals surface area contributed by atoms with E-state index in [0.717, 1.165) is 0 Å². The van der Waals surface area contributed by atoms with Crippen molar-refractivity contribution in [3.8, 4) is 0 Å². The van der Waals surface area contributed by atoms with Gasteiger partial charge in [-0.05, 0) is 52.3 Å². The molecule has 3 rings (SSSR count). The third kappa shape index (κ3) is 4.23. The second-order valence-corrected chi connectivity index (χ2v) is 8.67. The van der Waals surface area contributed by atoms with Crippen LogP contribution in [0.15, 0.2) is 18.2 Å². The number of anilines is 1. The van der Waals surface area contributed by atoms with Crippen molar-refractivity contribution in [3.63, 3.8) is 0 Å². The molecule has 1 fully saturated rings. The molecule has 2 aromatic rings. The Bertz CT molecular complexity index is 1010. The Kier molecular flexibility index (Phi) is 5.99. The summed E-state index contributed by atoms with van der Waals surface area (Å²) in [5.74, 6) is -0.827. The van der Waals surface area contributed by atoms with Crippen LogP contribution in [0.25, 0.3) is 10.9 Å². The lowest BCUT2D eigenvalue weighted by Gasteiger charge is -2.24. The van der Waals surface area contributed by atoms with Crippen LogP contribution in [0.2, 0.25) is 5.02 Å². The van der Waals surface area contributed by atoms with Crippen molar-refractivity contribution in [3.05, 3.63) is 28.9 Å². The van der Waals surface area contributed by atoms with Crippen LogP contribution in [0.5, 0.6) is 0 Å². The molecular weight excluding hydrogens is 410 g/mol. The highest BCUT2D eigenvalue weighted by Gasteiger charge is 2.37. The number of ketones is 1. The molecule has 2 N–H and O–H groups in total. The topological polar surface area (TPSA) is 104 Å². The molecule has 1 aliphatic rings. The lowest BCUT2D eigenvalue weighted by atomic mass is 10.00. The van der Waals surface area contributed by atoms with Gasteiger partial charge in [0.05, 0.1) is 17.8 Å². The van der Waals surface area contributed by atoms with Gasteiger partial charge in [0.1, 0.15) is 11.3 Å². The van der Waals surface area contributed by atoms with Gasteiger partial charge in [-0.3, -0.25) is 4.79 Å². The Morgan fingerprint density at radius 1 is 1.23 bits per heavy atom. The van der Waals surface area contributed by atoms with E-state index in [1.807, 2.05) is 0 Å². The van der Waals surface area contributed by atoms with Gasteiger partial charge >= 0.3 is 12.2 Å². The number of nitrogen functional groups attached to an aromatic ring is 1. The summed E-state index contributed by atoms with van der Waals surface area (Å²) in [4.78, 5) is 39.9. The Balaban J connectivity index is 1.95. The molecule has 0 saturated carbocycles. The van der Waals surface area contributed by atoms with Crippen LogP contribution in [-0.2, 0) is 9.47 Å². The lowest BCUT2D eigenvalue weighted by Crippen LogP contribution is -2.36. The van der Waals surface area contributed by atoms with E-state index >= 15 is 0 Å². The number of ether oxygens (including phenoxy) is 2. The second-order valence-electron chi connectivity index (χ2n) is 8.23. The molecule has 0 aliphatic carbocycles. The van der Waals surface area contributed by atoms with Crippen molar-refractivity contribution >= 4 is 46.2 Å². The fourth-order valence-corrected chi connectivity index (χ4v) is 3.74. The van der Waals surface area contributed by atoms with Gasteiger partial charge in [-0.2, -0.15) is 0 Å². The van der Waals surface area contributed by atoms with Crippen LogP contribution in [0, 0.1) is 5.92 Å². The summed E-state index contributed by atoms with van der Waals surface area (Å²) in [5.41, 5.74) is 6.32. The Morgan fingerprint density at radius 2 is 1.93 bits per heavy atom. The van der Waals surface area contributed by atoms with Crippen LogP contribution in [0.1, 0.15) is 44.6 Å². The number of nitrogens with two attached hydrogens (primary N) is 1. The van der Waals surface area contributed by atoms with Gasteiger partial charge in [0.2, 0.25) is 0 Å². The molecule has 1 aliphatic heterocycles. The number of likely N-dealkylation sites (tertiary alicyclic amines) is 1. The first kappa shape index (κ1) is 22.0. The van der Waals surface area contributed by atoms with Crippen molar-refractivity contribution in [1.29, 1.82) is 0 Å². The minimum atomic E-state index is -0.688. The van der Waals surface area contributed by atoms with E-state index in [1.54, 1.807) is 45.9 Å². The van der Waals surface area contributed by atoms with E-state index in [-0.39, 0.29) is 30.3 Å². The predicted octanol–water partition coefficient (Wildman–Crippen LogP) is 4.32. The maximum atomic E-state index is 13.4. The van der Waals surface area contributed by atoms with Crippen molar-refractivity contribution in [2.45, 2.75) is 39.7 Å². The molecule has 1 aromatic carbocycles. The van der Waals surface area contributed by atoms with E-state index in [0.29, 0.717) is 28.9 Å². The zero-order valence-corrected chi connectivity index (χ0v) is 18.3. The smallest absolute Gasteiger partial charge is 0.419 e. The highest BCUT2D eigenvalue weighted by molar-refractivity contribution is 6.31. The largest absolute Gasteiger partial charge is 0.449 e. The average Bonchev–Trinajstić information content (AvgIpc) is 3.24. The third-order valence-corrected chi connectivity index (χ3v) is 5.10. The number of hydrogen-bond donors (Lipinski definition) is 1. The van der Waals surface area contributed by atoms with Gasteiger partial charge in [-0.25, -0.2) is 14.2 Å². The van der Waals surface area contributed by atoms with E-state index < -0.39 is 23.7 Å². The molecule has 162 valence electrons. The molecule has 8 nitrogen and oxygen atoms in total. The van der Waals surface area contributed by atoms with Crippen molar-refractivity contribution < 1.29 is 23.9 Å². The number of aromatic nitrogens is 1. The molecule has 1 unspecified atom stereocenters.